The molecule has 1 aliphatic rings. The standard InChI is InChI=1S/C24H22N2O4/c1-25-23(27)22-15-26(20-9-5-6-10-21(20)30-22)24(28)18-11-13-19(14-12-18)29-16-17-7-3-2-4-8-17/h2-14,22H,15-16H2,1H3,(H,25,27)/t22-/m1/s1. The molecule has 6 heteroatoms. The second-order valence-corrected chi connectivity index (χ2v) is 6.90. The van der Waals surface area contributed by atoms with E-state index >= 15 is 0 Å². The smallest absolute Gasteiger partial charge is 0.262 e. The molecule has 0 radical (unpaired) electrons. The molecule has 30 heavy (non-hydrogen) atoms. The molecule has 1 N–H and O–H groups in total. The van der Waals surface area contributed by atoms with Crippen molar-refractivity contribution >= 4 is 17.5 Å². The van der Waals surface area contributed by atoms with Crippen molar-refractivity contribution < 1.29 is 19.1 Å². The van der Waals surface area contributed by atoms with Crippen LogP contribution in [0.3, 0.4) is 0 Å². The van der Waals surface area contributed by atoms with Gasteiger partial charge in [0.15, 0.2) is 6.10 Å². The van der Waals surface area contributed by atoms with E-state index in [-0.39, 0.29) is 18.4 Å². The maximum absolute atomic E-state index is 13.2. The molecule has 2 amide bonds. The quantitative estimate of drug-likeness (QED) is 0.710. The molecule has 3 aromatic carbocycles. The predicted molar refractivity (Wildman–Crippen MR) is 114 cm³/mol. The lowest BCUT2D eigenvalue weighted by molar-refractivity contribution is -0.127. The second kappa shape index (κ2) is 8.69. The van der Waals surface area contributed by atoms with Gasteiger partial charge in [-0.25, -0.2) is 0 Å². The average Bonchev–Trinajstić information content (AvgIpc) is 2.82. The van der Waals surface area contributed by atoms with Gasteiger partial charge in [0.1, 0.15) is 18.1 Å². The molecule has 1 aliphatic heterocycles. The van der Waals surface area contributed by atoms with Gasteiger partial charge in [-0.3, -0.25) is 9.59 Å². The number of ether oxygens (including phenoxy) is 2. The highest BCUT2D eigenvalue weighted by Crippen LogP contribution is 2.34. The number of anilines is 1. The number of rotatable bonds is 5. The SMILES string of the molecule is CNC(=O)[C@H]1CN(C(=O)c2ccc(OCc3ccccc3)cc2)c2ccccc2O1. The molecule has 1 heterocycles. The van der Waals surface area contributed by atoms with Crippen LogP contribution in [0.25, 0.3) is 0 Å². The highest BCUT2D eigenvalue weighted by Gasteiger charge is 2.33. The number of likely N-dealkylation sites (N-methyl/N-ethyl adjacent to an activating group) is 1. The van der Waals surface area contributed by atoms with E-state index in [1.165, 1.54) is 0 Å². The van der Waals surface area contributed by atoms with E-state index in [0.29, 0.717) is 29.4 Å². The number of carbonyl (C=O) groups excluding carboxylic acids is 2. The molecule has 3 aromatic rings. The Morgan fingerprint density at radius 1 is 1.00 bits per heavy atom. The number of nitrogens with one attached hydrogen (secondary N) is 1. The molecular formula is C24H22N2O4. The number of fused-ring (bicyclic) bond motifs is 1. The minimum Gasteiger partial charge on any atom is -0.489 e. The normalized spacial score (nSPS) is 15.0. The highest BCUT2D eigenvalue weighted by atomic mass is 16.5. The van der Waals surface area contributed by atoms with Crippen LogP contribution in [0.4, 0.5) is 5.69 Å². The van der Waals surface area contributed by atoms with Crippen molar-refractivity contribution in [2.75, 3.05) is 18.5 Å². The topological polar surface area (TPSA) is 67.9 Å². The van der Waals surface area contributed by atoms with Crippen LogP contribution in [0.15, 0.2) is 78.9 Å². The van der Waals surface area contributed by atoms with Crippen molar-refractivity contribution in [3.8, 4) is 11.5 Å². The molecule has 1 atom stereocenters. The number of benzene rings is 3. The zero-order valence-electron chi connectivity index (χ0n) is 16.6. The minimum absolute atomic E-state index is 0.141. The molecule has 0 fully saturated rings. The van der Waals surface area contributed by atoms with Crippen LogP contribution in [-0.2, 0) is 11.4 Å². The van der Waals surface area contributed by atoms with Crippen LogP contribution in [-0.4, -0.2) is 31.5 Å². The second-order valence-electron chi connectivity index (χ2n) is 6.90. The summed E-state index contributed by atoms with van der Waals surface area (Å²) in [5, 5.41) is 2.58. The van der Waals surface area contributed by atoms with Crippen LogP contribution in [0.5, 0.6) is 11.5 Å². The third-order valence-corrected chi connectivity index (χ3v) is 4.91. The fourth-order valence-electron chi connectivity index (χ4n) is 3.31. The predicted octanol–water partition coefficient (Wildman–Crippen LogP) is 3.42. The van der Waals surface area contributed by atoms with Gasteiger partial charge in [-0.2, -0.15) is 0 Å². The summed E-state index contributed by atoms with van der Waals surface area (Å²) in [5.74, 6) is 0.718. The average molecular weight is 402 g/mol. The van der Waals surface area contributed by atoms with Crippen molar-refractivity contribution in [1.82, 2.24) is 5.32 Å². The maximum atomic E-state index is 13.2. The summed E-state index contributed by atoms with van der Waals surface area (Å²) in [4.78, 5) is 26.9. The summed E-state index contributed by atoms with van der Waals surface area (Å²) in [6, 6.07) is 24.1. The summed E-state index contributed by atoms with van der Waals surface area (Å²) < 4.78 is 11.6. The van der Waals surface area contributed by atoms with Gasteiger partial charge in [0.2, 0.25) is 0 Å². The Balaban J connectivity index is 1.51. The largest absolute Gasteiger partial charge is 0.489 e. The molecule has 0 saturated heterocycles. The summed E-state index contributed by atoms with van der Waals surface area (Å²) in [5.41, 5.74) is 2.23. The molecule has 4 rings (SSSR count). The number of hydrogen-bond donors (Lipinski definition) is 1. The zero-order valence-corrected chi connectivity index (χ0v) is 16.6. The van der Waals surface area contributed by atoms with Crippen molar-refractivity contribution in [2.24, 2.45) is 0 Å². The number of para-hydroxylation sites is 2. The first kappa shape index (κ1) is 19.5. The Morgan fingerprint density at radius 2 is 1.70 bits per heavy atom. The van der Waals surface area contributed by atoms with Crippen molar-refractivity contribution in [3.63, 3.8) is 0 Å². The van der Waals surface area contributed by atoms with Gasteiger partial charge < -0.3 is 19.7 Å². The van der Waals surface area contributed by atoms with E-state index in [2.05, 4.69) is 5.32 Å². The van der Waals surface area contributed by atoms with Crippen LogP contribution in [0, 0.1) is 0 Å². The van der Waals surface area contributed by atoms with Crippen LogP contribution >= 0.6 is 0 Å². The molecular weight excluding hydrogens is 380 g/mol. The summed E-state index contributed by atoms with van der Waals surface area (Å²) in [6.45, 7) is 0.598. The lowest BCUT2D eigenvalue weighted by Crippen LogP contribution is -2.50. The number of hydrogen-bond acceptors (Lipinski definition) is 4. The van der Waals surface area contributed by atoms with E-state index in [0.717, 1.165) is 5.56 Å². The van der Waals surface area contributed by atoms with Gasteiger partial charge in [0, 0.05) is 12.6 Å². The first-order valence-corrected chi connectivity index (χ1v) is 9.71. The van der Waals surface area contributed by atoms with Crippen LogP contribution in [0.1, 0.15) is 15.9 Å². The first-order valence-electron chi connectivity index (χ1n) is 9.71. The lowest BCUT2D eigenvalue weighted by atomic mass is 10.1. The van der Waals surface area contributed by atoms with E-state index in [1.54, 1.807) is 42.3 Å². The molecule has 0 saturated carbocycles. The Hall–Kier alpha value is -3.80. The fourth-order valence-corrected chi connectivity index (χ4v) is 3.31. The lowest BCUT2D eigenvalue weighted by Gasteiger charge is -2.34. The number of carbonyl (C=O) groups is 2. The Labute approximate surface area is 175 Å². The van der Waals surface area contributed by atoms with E-state index in [1.807, 2.05) is 48.5 Å². The van der Waals surface area contributed by atoms with Crippen molar-refractivity contribution in [1.29, 1.82) is 0 Å². The monoisotopic (exact) mass is 402 g/mol. The fraction of sp³-hybridized carbons (Fsp3) is 0.167. The Kier molecular flexibility index (Phi) is 5.66. The molecule has 0 aromatic heterocycles. The van der Waals surface area contributed by atoms with Gasteiger partial charge in [-0.15, -0.1) is 0 Å². The van der Waals surface area contributed by atoms with Crippen molar-refractivity contribution in [3.05, 3.63) is 90.0 Å². The summed E-state index contributed by atoms with van der Waals surface area (Å²) in [7, 11) is 1.55. The summed E-state index contributed by atoms with van der Waals surface area (Å²) >= 11 is 0. The molecule has 152 valence electrons. The molecule has 0 bridgehead atoms. The Morgan fingerprint density at radius 3 is 2.43 bits per heavy atom. The zero-order chi connectivity index (χ0) is 20.9. The third kappa shape index (κ3) is 4.12. The first-order chi connectivity index (χ1) is 14.7. The van der Waals surface area contributed by atoms with Crippen LogP contribution in [0.2, 0.25) is 0 Å². The highest BCUT2D eigenvalue weighted by molar-refractivity contribution is 6.08. The molecule has 6 nitrogen and oxygen atoms in total. The number of nitrogens with zero attached hydrogens (tertiary/aromatic N) is 1. The third-order valence-electron chi connectivity index (χ3n) is 4.91. The molecule has 0 aliphatic carbocycles. The van der Waals surface area contributed by atoms with E-state index < -0.39 is 6.10 Å². The Bertz CT molecular complexity index is 1030. The number of amides is 2. The van der Waals surface area contributed by atoms with Gasteiger partial charge in [0.25, 0.3) is 11.8 Å². The molecule has 0 unspecified atom stereocenters. The van der Waals surface area contributed by atoms with Gasteiger partial charge in [0.05, 0.1) is 12.2 Å². The maximum Gasteiger partial charge on any atom is 0.262 e. The van der Waals surface area contributed by atoms with Crippen LogP contribution < -0.4 is 19.7 Å². The minimum atomic E-state index is -0.762. The van der Waals surface area contributed by atoms with E-state index in [4.69, 9.17) is 9.47 Å². The van der Waals surface area contributed by atoms with E-state index in [9.17, 15) is 9.59 Å². The van der Waals surface area contributed by atoms with Crippen molar-refractivity contribution in [2.45, 2.75) is 12.7 Å². The van der Waals surface area contributed by atoms with Gasteiger partial charge in [-0.1, -0.05) is 42.5 Å². The summed E-state index contributed by atoms with van der Waals surface area (Å²) in [6.07, 6.45) is -0.762. The van der Waals surface area contributed by atoms with Gasteiger partial charge >= 0.3 is 0 Å². The molecule has 0 spiro atoms. The van der Waals surface area contributed by atoms with Gasteiger partial charge in [-0.05, 0) is 42.0 Å².